The Kier molecular flexibility index (Phi) is 4.09. The zero-order valence-corrected chi connectivity index (χ0v) is 13.0. The molecule has 0 amide bonds. The van der Waals surface area contributed by atoms with Gasteiger partial charge >= 0.3 is 0 Å². The number of ether oxygens (including phenoxy) is 1. The van der Waals surface area contributed by atoms with Crippen LogP contribution in [0.3, 0.4) is 0 Å². The first-order valence-electron chi connectivity index (χ1n) is 6.84. The maximum Gasteiger partial charge on any atom is 0.104 e. The Bertz CT molecular complexity index is 400. The van der Waals surface area contributed by atoms with E-state index >= 15 is 0 Å². The summed E-state index contributed by atoms with van der Waals surface area (Å²) in [6, 6.07) is 2.19. The normalized spacial score (nSPS) is 28.2. The van der Waals surface area contributed by atoms with Crippen LogP contribution in [0.5, 0.6) is 0 Å². The molecule has 1 unspecified atom stereocenters. The molecule has 0 aromatic carbocycles. The van der Waals surface area contributed by atoms with E-state index in [1.165, 1.54) is 41.5 Å². The Morgan fingerprint density at radius 3 is 2.89 bits per heavy atom. The van der Waals surface area contributed by atoms with E-state index in [4.69, 9.17) is 4.74 Å². The zero-order chi connectivity index (χ0) is 12.4. The molecule has 1 N–H and O–H groups in total. The number of thiophene rings is 1. The smallest absolute Gasteiger partial charge is 0.104 e. The third-order valence-electron chi connectivity index (χ3n) is 4.24. The Labute approximate surface area is 121 Å². The summed E-state index contributed by atoms with van der Waals surface area (Å²) in [6.07, 6.45) is 7.06. The Morgan fingerprint density at radius 1 is 1.33 bits per heavy atom. The lowest BCUT2D eigenvalue weighted by molar-refractivity contribution is 0.0000168. The van der Waals surface area contributed by atoms with Crippen LogP contribution in [-0.4, -0.2) is 19.7 Å². The molecule has 0 radical (unpaired) electrons. The van der Waals surface area contributed by atoms with E-state index in [2.05, 4.69) is 32.7 Å². The highest BCUT2D eigenvalue weighted by Gasteiger charge is 2.35. The predicted octanol–water partition coefficient (Wildman–Crippen LogP) is 4.12. The van der Waals surface area contributed by atoms with Gasteiger partial charge < -0.3 is 10.1 Å². The Hall–Kier alpha value is 0.1000. The van der Waals surface area contributed by atoms with Crippen LogP contribution < -0.4 is 5.32 Å². The molecule has 3 rings (SSSR count). The third-order valence-corrected chi connectivity index (χ3v) is 6.03. The van der Waals surface area contributed by atoms with Gasteiger partial charge in [0.2, 0.25) is 0 Å². The lowest BCUT2D eigenvalue weighted by atomic mass is 9.75. The standard InChI is InChI=1S/C14H20BrNOS/c15-11-6-13(18-8-11)12-7-16-9-14(10-17-12)4-2-1-3-5-14/h6,8,12,16H,1-5,7,9-10H2. The van der Waals surface area contributed by atoms with E-state index in [1.807, 2.05) is 0 Å². The molecule has 2 aliphatic rings. The molecular formula is C14H20BrNOS. The molecule has 2 fully saturated rings. The molecule has 2 heterocycles. The van der Waals surface area contributed by atoms with Crippen LogP contribution in [0.15, 0.2) is 15.9 Å². The topological polar surface area (TPSA) is 21.3 Å². The second kappa shape index (κ2) is 5.61. The number of hydrogen-bond donors (Lipinski definition) is 1. The van der Waals surface area contributed by atoms with E-state index in [0.29, 0.717) is 5.41 Å². The van der Waals surface area contributed by atoms with Gasteiger partial charge in [0.25, 0.3) is 0 Å². The van der Waals surface area contributed by atoms with Gasteiger partial charge in [-0.1, -0.05) is 19.3 Å². The molecular weight excluding hydrogens is 310 g/mol. The van der Waals surface area contributed by atoms with Gasteiger partial charge in [-0.3, -0.25) is 0 Å². The molecule has 18 heavy (non-hydrogen) atoms. The maximum atomic E-state index is 6.22. The molecule has 1 atom stereocenters. The summed E-state index contributed by atoms with van der Waals surface area (Å²) in [5.41, 5.74) is 0.418. The van der Waals surface area contributed by atoms with Gasteiger partial charge in [-0.25, -0.2) is 0 Å². The lowest BCUT2D eigenvalue weighted by Crippen LogP contribution is -2.37. The van der Waals surface area contributed by atoms with E-state index in [-0.39, 0.29) is 6.10 Å². The first-order valence-corrected chi connectivity index (χ1v) is 8.51. The van der Waals surface area contributed by atoms with Gasteiger partial charge in [-0.15, -0.1) is 11.3 Å². The fourth-order valence-electron chi connectivity index (χ4n) is 3.16. The SMILES string of the molecule is Brc1csc(C2CNCC3(CCCCC3)CO2)c1. The van der Waals surface area contributed by atoms with E-state index < -0.39 is 0 Å². The molecule has 1 aromatic rings. The second-order valence-electron chi connectivity index (χ2n) is 5.66. The van der Waals surface area contributed by atoms with Crippen molar-refractivity contribution in [2.45, 2.75) is 38.2 Å². The minimum atomic E-state index is 0.239. The zero-order valence-electron chi connectivity index (χ0n) is 10.6. The molecule has 1 aliphatic carbocycles. The van der Waals surface area contributed by atoms with Crippen molar-refractivity contribution in [2.75, 3.05) is 19.7 Å². The van der Waals surface area contributed by atoms with Gasteiger partial charge in [-0.05, 0) is 34.8 Å². The highest BCUT2D eigenvalue weighted by molar-refractivity contribution is 9.10. The summed E-state index contributed by atoms with van der Waals surface area (Å²) in [6.45, 7) is 3.02. The van der Waals surface area contributed by atoms with Crippen LogP contribution in [0, 0.1) is 5.41 Å². The van der Waals surface area contributed by atoms with Crippen molar-refractivity contribution in [1.82, 2.24) is 5.32 Å². The van der Waals surface area contributed by atoms with Crippen molar-refractivity contribution in [3.05, 3.63) is 20.8 Å². The summed E-state index contributed by atoms with van der Waals surface area (Å²) in [5.74, 6) is 0. The van der Waals surface area contributed by atoms with Crippen LogP contribution in [0.25, 0.3) is 0 Å². The Balaban J connectivity index is 1.68. The van der Waals surface area contributed by atoms with Crippen molar-refractivity contribution in [3.63, 3.8) is 0 Å². The van der Waals surface area contributed by atoms with Crippen LogP contribution in [0.1, 0.15) is 43.1 Å². The fraction of sp³-hybridized carbons (Fsp3) is 0.714. The van der Waals surface area contributed by atoms with Crippen LogP contribution in [-0.2, 0) is 4.74 Å². The first-order chi connectivity index (χ1) is 8.77. The number of hydrogen-bond acceptors (Lipinski definition) is 3. The van der Waals surface area contributed by atoms with Gasteiger partial charge in [0.15, 0.2) is 0 Å². The first kappa shape index (κ1) is 13.1. The number of halogens is 1. The van der Waals surface area contributed by atoms with E-state index in [9.17, 15) is 0 Å². The summed E-state index contributed by atoms with van der Waals surface area (Å²) < 4.78 is 7.39. The van der Waals surface area contributed by atoms with Gasteiger partial charge in [0.1, 0.15) is 6.10 Å². The van der Waals surface area contributed by atoms with Crippen LogP contribution in [0.4, 0.5) is 0 Å². The van der Waals surface area contributed by atoms with Crippen LogP contribution in [0.2, 0.25) is 0 Å². The van der Waals surface area contributed by atoms with Gasteiger partial charge in [-0.2, -0.15) is 0 Å². The highest BCUT2D eigenvalue weighted by atomic mass is 79.9. The quantitative estimate of drug-likeness (QED) is 0.836. The molecule has 2 nitrogen and oxygen atoms in total. The number of rotatable bonds is 1. The summed E-state index contributed by atoms with van der Waals surface area (Å²) in [7, 11) is 0. The van der Waals surface area contributed by atoms with E-state index in [0.717, 1.165) is 19.7 Å². The average molecular weight is 330 g/mol. The summed E-state index contributed by atoms with van der Waals surface area (Å²) in [5, 5.41) is 5.77. The molecule has 1 aliphatic heterocycles. The lowest BCUT2D eigenvalue weighted by Gasteiger charge is -2.35. The van der Waals surface area contributed by atoms with Crippen molar-refractivity contribution in [2.24, 2.45) is 5.41 Å². The molecule has 1 aromatic heterocycles. The van der Waals surface area contributed by atoms with Crippen molar-refractivity contribution in [1.29, 1.82) is 0 Å². The third kappa shape index (κ3) is 2.82. The van der Waals surface area contributed by atoms with Crippen LogP contribution >= 0.6 is 27.3 Å². The predicted molar refractivity (Wildman–Crippen MR) is 79.1 cm³/mol. The number of nitrogens with one attached hydrogen (secondary N) is 1. The van der Waals surface area contributed by atoms with Crippen molar-refractivity contribution in [3.8, 4) is 0 Å². The second-order valence-corrected chi connectivity index (χ2v) is 7.52. The summed E-state index contributed by atoms with van der Waals surface area (Å²) in [4.78, 5) is 1.34. The fourth-order valence-corrected chi connectivity index (χ4v) is 4.65. The van der Waals surface area contributed by atoms with Crippen molar-refractivity contribution >= 4 is 27.3 Å². The largest absolute Gasteiger partial charge is 0.371 e. The minimum Gasteiger partial charge on any atom is -0.371 e. The monoisotopic (exact) mass is 329 g/mol. The molecule has 1 saturated heterocycles. The highest BCUT2D eigenvalue weighted by Crippen LogP contribution is 2.39. The van der Waals surface area contributed by atoms with Gasteiger partial charge in [0, 0.05) is 33.2 Å². The van der Waals surface area contributed by atoms with Crippen molar-refractivity contribution < 1.29 is 4.74 Å². The molecule has 1 spiro atoms. The molecule has 0 bridgehead atoms. The molecule has 100 valence electrons. The Morgan fingerprint density at radius 2 is 2.17 bits per heavy atom. The van der Waals surface area contributed by atoms with E-state index in [1.54, 1.807) is 11.3 Å². The molecule has 1 saturated carbocycles. The molecule has 4 heteroatoms. The summed E-state index contributed by atoms with van der Waals surface area (Å²) >= 11 is 5.31. The minimum absolute atomic E-state index is 0.239. The average Bonchev–Trinajstić information content (AvgIpc) is 2.71. The maximum absolute atomic E-state index is 6.22. The van der Waals surface area contributed by atoms with Gasteiger partial charge in [0.05, 0.1) is 6.61 Å².